The summed E-state index contributed by atoms with van der Waals surface area (Å²) in [4.78, 5) is 0. The summed E-state index contributed by atoms with van der Waals surface area (Å²) >= 11 is 28.2. The van der Waals surface area contributed by atoms with E-state index in [2.05, 4.69) is 0 Å². The summed E-state index contributed by atoms with van der Waals surface area (Å²) in [6, 6.07) is 1.44. The Hall–Kier alpha value is 1.67. The van der Waals surface area contributed by atoms with E-state index in [-0.39, 0.29) is 44.6 Å². The molecule has 0 aliphatic carbocycles. The Morgan fingerprint density at radius 3 is 1.33 bits per heavy atom. The van der Waals surface area contributed by atoms with Gasteiger partial charge in [-0.2, -0.15) is 0 Å². The summed E-state index contributed by atoms with van der Waals surface area (Å²) in [6.45, 7) is 0. The van der Waals surface area contributed by atoms with Gasteiger partial charge in [0.1, 0.15) is 0 Å². The van der Waals surface area contributed by atoms with Gasteiger partial charge in [-0.3, -0.25) is 0 Å². The second-order valence-electron chi connectivity index (χ2n) is 1.78. The molecule has 0 aliphatic rings. The minimum Gasteiger partial charge on any atom is -0.0826 e. The van der Waals surface area contributed by atoms with Gasteiger partial charge in [0.2, 0.25) is 0 Å². The molecule has 12 heavy (non-hydrogen) atoms. The molecule has 1 rings (SSSR count). The van der Waals surface area contributed by atoms with E-state index in [1.54, 1.807) is 0 Å². The van der Waals surface area contributed by atoms with E-state index in [1.165, 1.54) is 6.07 Å². The van der Waals surface area contributed by atoms with E-state index in [1.807, 2.05) is 0 Å². The Kier molecular flexibility index (Phi) is 6.30. The smallest absolute Gasteiger partial charge is 0.0808 e. The minimum absolute atomic E-state index is 0. The summed E-state index contributed by atoms with van der Waals surface area (Å²) in [7, 11) is 0. The third-order valence-electron chi connectivity index (χ3n) is 1.06. The van der Waals surface area contributed by atoms with Gasteiger partial charge in [0.15, 0.2) is 0 Å². The molecule has 0 amide bonds. The van der Waals surface area contributed by atoms with Crippen molar-refractivity contribution in [1.29, 1.82) is 0 Å². The SMILES string of the molecule is Clc1cc(Cl)c(Cl)c(Cl)c1Cl.[Na]. The van der Waals surface area contributed by atoms with E-state index in [9.17, 15) is 0 Å². The van der Waals surface area contributed by atoms with Gasteiger partial charge < -0.3 is 0 Å². The molecule has 0 fully saturated rings. The molecule has 61 valence electrons. The Morgan fingerprint density at radius 2 is 1.00 bits per heavy atom. The molecular weight excluding hydrogens is 272 g/mol. The summed E-state index contributed by atoms with van der Waals surface area (Å²) < 4.78 is 0. The Bertz CT molecular complexity index is 272. The van der Waals surface area contributed by atoms with Crippen LogP contribution in [0.3, 0.4) is 0 Å². The van der Waals surface area contributed by atoms with Gasteiger partial charge in [0.05, 0.1) is 25.1 Å². The first-order chi connectivity index (χ1) is 5.04. The monoisotopic (exact) mass is 271 g/mol. The molecule has 0 unspecified atom stereocenters. The van der Waals surface area contributed by atoms with Crippen molar-refractivity contribution in [1.82, 2.24) is 0 Å². The van der Waals surface area contributed by atoms with Gasteiger partial charge in [-0.1, -0.05) is 58.0 Å². The van der Waals surface area contributed by atoms with Crippen LogP contribution in [0.5, 0.6) is 0 Å². The summed E-state index contributed by atoms with van der Waals surface area (Å²) in [6.07, 6.45) is 0. The first-order valence-corrected chi connectivity index (χ1v) is 4.41. The number of halogens is 5. The zero-order valence-corrected chi connectivity index (χ0v) is 11.7. The topological polar surface area (TPSA) is 0 Å². The molecule has 0 aromatic heterocycles. The van der Waals surface area contributed by atoms with Crippen molar-refractivity contribution in [3.63, 3.8) is 0 Å². The van der Waals surface area contributed by atoms with Gasteiger partial charge in [0, 0.05) is 29.6 Å². The predicted octanol–water partition coefficient (Wildman–Crippen LogP) is 4.57. The van der Waals surface area contributed by atoms with Crippen LogP contribution in [-0.2, 0) is 0 Å². The maximum Gasteiger partial charge on any atom is 0.0808 e. The van der Waals surface area contributed by atoms with Gasteiger partial charge in [0.25, 0.3) is 0 Å². The van der Waals surface area contributed by atoms with Crippen molar-refractivity contribution < 1.29 is 0 Å². The third kappa shape index (κ3) is 2.83. The molecule has 1 radical (unpaired) electrons. The quantitative estimate of drug-likeness (QED) is 0.369. The third-order valence-corrected chi connectivity index (χ3v) is 3.20. The first-order valence-electron chi connectivity index (χ1n) is 2.52. The first kappa shape index (κ1) is 13.7. The summed E-state index contributed by atoms with van der Waals surface area (Å²) in [5.41, 5.74) is 0. The molecule has 0 aliphatic heterocycles. The second kappa shape index (κ2) is 5.53. The van der Waals surface area contributed by atoms with Crippen molar-refractivity contribution in [3.05, 3.63) is 31.2 Å². The second-order valence-corrected chi connectivity index (χ2v) is 3.73. The van der Waals surface area contributed by atoms with E-state index in [0.29, 0.717) is 10.0 Å². The molecule has 1 aromatic rings. The Labute approximate surface area is 117 Å². The van der Waals surface area contributed by atoms with Gasteiger partial charge >= 0.3 is 0 Å². The van der Waals surface area contributed by atoms with Crippen molar-refractivity contribution in [3.8, 4) is 0 Å². The van der Waals surface area contributed by atoms with Gasteiger partial charge in [-0.05, 0) is 6.07 Å². The summed E-state index contributed by atoms with van der Waals surface area (Å²) in [5.74, 6) is 0. The van der Waals surface area contributed by atoms with E-state index in [4.69, 9.17) is 58.0 Å². The van der Waals surface area contributed by atoms with Crippen molar-refractivity contribution in [2.24, 2.45) is 0 Å². The maximum absolute atomic E-state index is 5.66. The average Bonchev–Trinajstić information content (AvgIpc) is 1.97. The van der Waals surface area contributed by atoms with Gasteiger partial charge in [-0.25, -0.2) is 0 Å². The van der Waals surface area contributed by atoms with Crippen molar-refractivity contribution >= 4 is 87.6 Å². The van der Waals surface area contributed by atoms with Crippen LogP contribution in [0.15, 0.2) is 6.07 Å². The molecule has 0 saturated carbocycles. The number of rotatable bonds is 0. The van der Waals surface area contributed by atoms with Crippen molar-refractivity contribution in [2.75, 3.05) is 0 Å². The molecule has 0 bridgehead atoms. The van der Waals surface area contributed by atoms with Crippen molar-refractivity contribution in [2.45, 2.75) is 0 Å². The van der Waals surface area contributed by atoms with Crippen LogP contribution in [-0.4, -0.2) is 29.6 Å². The molecule has 0 N–H and O–H groups in total. The van der Waals surface area contributed by atoms with Crippen LogP contribution >= 0.6 is 58.0 Å². The normalized spacial score (nSPS) is 9.42. The zero-order valence-electron chi connectivity index (χ0n) is 5.97. The molecule has 0 heterocycles. The number of benzene rings is 1. The van der Waals surface area contributed by atoms with E-state index < -0.39 is 0 Å². The fourth-order valence-electron chi connectivity index (χ4n) is 0.544. The fourth-order valence-corrected chi connectivity index (χ4v) is 1.65. The van der Waals surface area contributed by atoms with Crippen LogP contribution in [0.25, 0.3) is 0 Å². The van der Waals surface area contributed by atoms with Crippen LogP contribution in [0, 0.1) is 0 Å². The van der Waals surface area contributed by atoms with E-state index >= 15 is 0 Å². The molecular formula is C6HCl5Na. The molecule has 0 saturated heterocycles. The molecule has 6 heteroatoms. The largest absolute Gasteiger partial charge is 0.0826 e. The molecule has 0 atom stereocenters. The van der Waals surface area contributed by atoms with Crippen LogP contribution in [0.4, 0.5) is 0 Å². The predicted molar refractivity (Wildman–Crippen MR) is 57.2 cm³/mol. The Morgan fingerprint density at radius 1 is 0.667 bits per heavy atom. The zero-order chi connectivity index (χ0) is 8.59. The molecule has 0 nitrogen and oxygen atoms in total. The number of hydrogen-bond donors (Lipinski definition) is 0. The van der Waals surface area contributed by atoms with Crippen LogP contribution in [0.2, 0.25) is 25.1 Å². The minimum atomic E-state index is 0. The number of hydrogen-bond acceptors (Lipinski definition) is 0. The standard InChI is InChI=1S/C6HCl5.Na/c7-2-1-3(8)5(10)6(11)4(2)9;/h1H;. The van der Waals surface area contributed by atoms with Gasteiger partial charge in [-0.15, -0.1) is 0 Å². The maximum atomic E-state index is 5.66. The van der Waals surface area contributed by atoms with Crippen LogP contribution in [0.1, 0.15) is 0 Å². The molecule has 1 aromatic carbocycles. The average molecular weight is 273 g/mol. The summed E-state index contributed by atoms with van der Waals surface area (Å²) in [5, 5.41) is 1.23. The molecule has 0 spiro atoms. The Balaban J connectivity index is 0.00000121. The van der Waals surface area contributed by atoms with E-state index in [0.717, 1.165) is 0 Å². The fraction of sp³-hybridized carbons (Fsp3) is 0. The van der Waals surface area contributed by atoms with Crippen LogP contribution < -0.4 is 0 Å².